The molecule has 1 aromatic carbocycles. The molecule has 0 spiro atoms. The summed E-state index contributed by atoms with van der Waals surface area (Å²) < 4.78 is 4.90. The number of nitrogens with one attached hydrogen (secondary N) is 3. The maximum atomic E-state index is 11.7. The standard InChI is InChI=1S/C19H31N5O2.HI/c1-20-19(23-14-18(25)21-9-12-26-2)22-13-16-5-7-17(8-6-16)15-24-10-3-4-11-24;/h5-8H,3-4,9-15H2,1-2H3,(H,21,25)(H2,20,22,23);1H. The van der Waals surface area contributed by atoms with Crippen LogP contribution in [0.3, 0.4) is 0 Å². The van der Waals surface area contributed by atoms with Crippen molar-refractivity contribution in [2.24, 2.45) is 4.99 Å². The SMILES string of the molecule is CN=C(NCC(=O)NCCOC)NCc1ccc(CN2CCCC2)cc1.I. The summed E-state index contributed by atoms with van der Waals surface area (Å²) in [6, 6.07) is 8.66. The van der Waals surface area contributed by atoms with Crippen molar-refractivity contribution in [3.63, 3.8) is 0 Å². The van der Waals surface area contributed by atoms with Gasteiger partial charge in [-0.3, -0.25) is 14.7 Å². The van der Waals surface area contributed by atoms with E-state index < -0.39 is 0 Å². The van der Waals surface area contributed by atoms with Crippen LogP contribution in [-0.4, -0.2) is 63.7 Å². The van der Waals surface area contributed by atoms with Crippen molar-refractivity contribution in [3.8, 4) is 0 Å². The van der Waals surface area contributed by atoms with E-state index >= 15 is 0 Å². The van der Waals surface area contributed by atoms with Gasteiger partial charge in [0.2, 0.25) is 5.91 Å². The van der Waals surface area contributed by atoms with Crippen LogP contribution < -0.4 is 16.0 Å². The molecule has 27 heavy (non-hydrogen) atoms. The second kappa shape index (κ2) is 13.7. The molecule has 0 saturated carbocycles. The summed E-state index contributed by atoms with van der Waals surface area (Å²) in [7, 11) is 3.30. The molecule has 0 radical (unpaired) electrons. The molecular weight excluding hydrogens is 457 g/mol. The summed E-state index contributed by atoms with van der Waals surface area (Å²) in [5, 5.41) is 8.99. The van der Waals surface area contributed by atoms with Crippen molar-refractivity contribution < 1.29 is 9.53 Å². The van der Waals surface area contributed by atoms with Crippen molar-refractivity contribution in [3.05, 3.63) is 35.4 Å². The summed E-state index contributed by atoms with van der Waals surface area (Å²) in [5.41, 5.74) is 2.54. The Hall–Kier alpha value is -1.39. The van der Waals surface area contributed by atoms with E-state index in [4.69, 9.17) is 4.74 Å². The van der Waals surface area contributed by atoms with Crippen molar-refractivity contribution in [1.29, 1.82) is 0 Å². The maximum Gasteiger partial charge on any atom is 0.239 e. The highest BCUT2D eigenvalue weighted by Crippen LogP contribution is 2.13. The van der Waals surface area contributed by atoms with Gasteiger partial charge in [-0.05, 0) is 37.1 Å². The number of carbonyl (C=O) groups excluding carboxylic acids is 1. The normalized spacial score (nSPS) is 14.5. The van der Waals surface area contributed by atoms with Gasteiger partial charge >= 0.3 is 0 Å². The van der Waals surface area contributed by atoms with Crippen molar-refractivity contribution in [1.82, 2.24) is 20.9 Å². The fraction of sp³-hybridized carbons (Fsp3) is 0.579. The monoisotopic (exact) mass is 489 g/mol. The third kappa shape index (κ3) is 9.39. The van der Waals surface area contributed by atoms with Gasteiger partial charge in [0.15, 0.2) is 5.96 Å². The number of carbonyl (C=O) groups is 1. The Bertz CT molecular complexity index is 574. The molecule has 0 bridgehead atoms. The van der Waals surface area contributed by atoms with E-state index in [1.54, 1.807) is 14.2 Å². The van der Waals surface area contributed by atoms with Crippen LogP contribution in [0.15, 0.2) is 29.3 Å². The maximum absolute atomic E-state index is 11.7. The lowest BCUT2D eigenvalue weighted by molar-refractivity contribution is -0.120. The second-order valence-corrected chi connectivity index (χ2v) is 6.42. The molecule has 0 aliphatic carbocycles. The molecule has 1 aliphatic rings. The smallest absolute Gasteiger partial charge is 0.239 e. The zero-order valence-corrected chi connectivity index (χ0v) is 18.6. The first-order valence-corrected chi connectivity index (χ1v) is 9.21. The molecule has 1 aliphatic heterocycles. The quantitative estimate of drug-likeness (QED) is 0.211. The largest absolute Gasteiger partial charge is 0.383 e. The van der Waals surface area contributed by atoms with Gasteiger partial charge in [-0.15, -0.1) is 24.0 Å². The molecule has 7 nitrogen and oxygen atoms in total. The number of hydrogen-bond acceptors (Lipinski definition) is 4. The number of amides is 1. The molecular formula is C19H32IN5O2. The molecule has 8 heteroatoms. The minimum atomic E-state index is -0.0868. The van der Waals surface area contributed by atoms with Crippen LogP contribution in [0.5, 0.6) is 0 Å². The van der Waals surface area contributed by atoms with Crippen LogP contribution in [0.2, 0.25) is 0 Å². The number of likely N-dealkylation sites (tertiary alicyclic amines) is 1. The average Bonchev–Trinajstić information content (AvgIpc) is 3.16. The first-order chi connectivity index (χ1) is 12.7. The van der Waals surface area contributed by atoms with Gasteiger partial charge in [0.25, 0.3) is 0 Å². The van der Waals surface area contributed by atoms with Crippen molar-refractivity contribution in [2.75, 3.05) is 46.9 Å². The minimum Gasteiger partial charge on any atom is -0.383 e. The van der Waals surface area contributed by atoms with Gasteiger partial charge in [0.1, 0.15) is 0 Å². The van der Waals surface area contributed by atoms with Crippen LogP contribution in [0.4, 0.5) is 0 Å². The fourth-order valence-corrected chi connectivity index (χ4v) is 2.89. The lowest BCUT2D eigenvalue weighted by Gasteiger charge is -2.15. The summed E-state index contributed by atoms with van der Waals surface area (Å²) in [5.74, 6) is 0.518. The van der Waals surface area contributed by atoms with Gasteiger partial charge in [0.05, 0.1) is 13.2 Å². The summed E-state index contributed by atoms with van der Waals surface area (Å²) >= 11 is 0. The number of aliphatic imine (C=N–C) groups is 1. The van der Waals surface area contributed by atoms with E-state index in [1.807, 2.05) is 0 Å². The van der Waals surface area contributed by atoms with E-state index in [2.05, 4.69) is 50.1 Å². The third-order valence-electron chi connectivity index (χ3n) is 4.36. The highest BCUT2D eigenvalue weighted by Gasteiger charge is 2.11. The van der Waals surface area contributed by atoms with Gasteiger partial charge < -0.3 is 20.7 Å². The van der Waals surface area contributed by atoms with Crippen LogP contribution in [0.1, 0.15) is 24.0 Å². The zero-order valence-electron chi connectivity index (χ0n) is 16.3. The molecule has 0 atom stereocenters. The van der Waals surface area contributed by atoms with Crippen LogP contribution in [-0.2, 0) is 22.6 Å². The van der Waals surface area contributed by atoms with E-state index in [0.29, 0.717) is 25.7 Å². The molecule has 1 saturated heterocycles. The predicted octanol–water partition coefficient (Wildman–Crippen LogP) is 1.33. The van der Waals surface area contributed by atoms with E-state index in [1.165, 1.54) is 37.1 Å². The van der Waals surface area contributed by atoms with Crippen molar-refractivity contribution >= 4 is 35.8 Å². The van der Waals surface area contributed by atoms with Crippen molar-refractivity contribution in [2.45, 2.75) is 25.9 Å². The molecule has 0 unspecified atom stereocenters. The summed E-state index contributed by atoms with van der Waals surface area (Å²) in [6.07, 6.45) is 2.64. The van der Waals surface area contributed by atoms with Crippen LogP contribution in [0, 0.1) is 0 Å². The fourth-order valence-electron chi connectivity index (χ4n) is 2.89. The van der Waals surface area contributed by atoms with Gasteiger partial charge in [-0.2, -0.15) is 0 Å². The average molecular weight is 489 g/mol. The number of halogens is 1. The number of methoxy groups -OCH3 is 1. The minimum absolute atomic E-state index is 0. The number of ether oxygens (including phenoxy) is 1. The Morgan fingerprint density at radius 2 is 1.78 bits per heavy atom. The molecule has 3 N–H and O–H groups in total. The van der Waals surface area contributed by atoms with Crippen LogP contribution >= 0.6 is 24.0 Å². The summed E-state index contributed by atoms with van der Waals surface area (Å²) in [4.78, 5) is 18.3. The summed E-state index contributed by atoms with van der Waals surface area (Å²) in [6.45, 7) is 5.32. The van der Waals surface area contributed by atoms with Gasteiger partial charge in [-0.25, -0.2) is 0 Å². The molecule has 1 fully saturated rings. The number of hydrogen-bond donors (Lipinski definition) is 3. The molecule has 1 heterocycles. The van der Waals surface area contributed by atoms with Gasteiger partial charge in [-0.1, -0.05) is 24.3 Å². The second-order valence-electron chi connectivity index (χ2n) is 6.42. The number of nitrogens with zero attached hydrogens (tertiary/aromatic N) is 2. The lowest BCUT2D eigenvalue weighted by atomic mass is 10.1. The Morgan fingerprint density at radius 1 is 1.11 bits per heavy atom. The number of guanidine groups is 1. The van der Waals surface area contributed by atoms with E-state index in [9.17, 15) is 4.79 Å². The lowest BCUT2D eigenvalue weighted by Crippen LogP contribution is -2.43. The molecule has 1 aromatic rings. The van der Waals surface area contributed by atoms with Gasteiger partial charge in [0, 0.05) is 33.8 Å². The van der Waals surface area contributed by atoms with E-state index in [0.717, 1.165) is 6.54 Å². The Morgan fingerprint density at radius 3 is 2.41 bits per heavy atom. The number of benzene rings is 1. The highest BCUT2D eigenvalue weighted by molar-refractivity contribution is 14.0. The van der Waals surface area contributed by atoms with E-state index in [-0.39, 0.29) is 36.4 Å². The zero-order chi connectivity index (χ0) is 18.6. The van der Waals surface area contributed by atoms with Crippen LogP contribution in [0.25, 0.3) is 0 Å². The predicted molar refractivity (Wildman–Crippen MR) is 119 cm³/mol. The molecule has 152 valence electrons. The molecule has 2 rings (SSSR count). The number of rotatable bonds is 9. The Balaban J connectivity index is 0.00000364. The molecule has 0 aromatic heterocycles. The first kappa shape index (κ1) is 23.6. The molecule has 1 amide bonds. The highest BCUT2D eigenvalue weighted by atomic mass is 127. The Labute approximate surface area is 179 Å². The third-order valence-corrected chi connectivity index (χ3v) is 4.36. The first-order valence-electron chi connectivity index (χ1n) is 9.21. The Kier molecular flexibility index (Phi) is 12.0. The topological polar surface area (TPSA) is 78.0 Å².